The number of pyridine rings is 2. The van der Waals surface area contributed by atoms with Crippen molar-refractivity contribution in [1.29, 1.82) is 0 Å². The SMILES string of the molecule is CC(C)(C)OC(=O)NCCCC(=O)CCc1ccnc2[nH]ccc12.Cl.Cl.Cl.NCCCC(=O)CCc1ccnc2[nH]ccc12.[2H]C.[2H]C. The van der Waals surface area contributed by atoms with Gasteiger partial charge in [0.1, 0.15) is 28.5 Å². The molecule has 0 saturated heterocycles. The zero-order valence-corrected chi connectivity index (χ0v) is 30.0. The first-order valence-corrected chi connectivity index (χ1v) is 14.2. The van der Waals surface area contributed by atoms with Gasteiger partial charge in [-0.05, 0) is 88.4 Å². The number of alkyl carbamates (subject to hydrolysis) is 1. The van der Waals surface area contributed by atoms with Gasteiger partial charge in [0.2, 0.25) is 0 Å². The van der Waals surface area contributed by atoms with Gasteiger partial charge in [-0.2, -0.15) is 0 Å². The number of hydrogen-bond acceptors (Lipinski definition) is 7. The van der Waals surface area contributed by atoms with Crippen molar-refractivity contribution in [3.8, 4) is 0 Å². The quantitative estimate of drug-likeness (QED) is 0.104. The maximum absolute atomic E-state index is 12.0. The van der Waals surface area contributed by atoms with Crippen molar-refractivity contribution in [2.24, 2.45) is 5.73 Å². The van der Waals surface area contributed by atoms with Crippen LogP contribution in [-0.2, 0) is 27.2 Å². The van der Waals surface area contributed by atoms with Gasteiger partial charge in [0.25, 0.3) is 0 Å². The molecule has 0 aromatic carbocycles. The number of ether oxygens (including phenoxy) is 1. The molecule has 4 rings (SSSR count). The van der Waals surface area contributed by atoms with E-state index in [0.717, 1.165) is 40.5 Å². The molecule has 1 amide bonds. The summed E-state index contributed by atoms with van der Waals surface area (Å²) in [6.07, 6.45) is 11.8. The lowest BCUT2D eigenvalue weighted by molar-refractivity contribution is -0.119. The monoisotopic (exact) mass is 704 g/mol. The van der Waals surface area contributed by atoms with Crippen LogP contribution < -0.4 is 11.1 Å². The Morgan fingerprint density at radius 2 is 1.26 bits per heavy atom. The van der Waals surface area contributed by atoms with Crippen molar-refractivity contribution in [2.45, 2.75) is 92.5 Å². The van der Waals surface area contributed by atoms with Crippen LogP contribution in [0.2, 0.25) is 0 Å². The first-order valence-electron chi connectivity index (χ1n) is 16.2. The third-order valence-electron chi connectivity index (χ3n) is 6.41. The summed E-state index contributed by atoms with van der Waals surface area (Å²) in [4.78, 5) is 49.7. The van der Waals surface area contributed by atoms with Crippen molar-refractivity contribution in [2.75, 3.05) is 13.1 Å². The molecule has 5 N–H and O–H groups in total. The number of halogens is 3. The van der Waals surface area contributed by atoms with Gasteiger partial charge in [0.15, 0.2) is 0 Å². The van der Waals surface area contributed by atoms with Gasteiger partial charge in [-0.25, -0.2) is 14.8 Å². The van der Waals surface area contributed by atoms with Crippen LogP contribution in [0.3, 0.4) is 0 Å². The summed E-state index contributed by atoms with van der Waals surface area (Å²) in [7, 11) is 2.50. The lowest BCUT2D eigenvalue weighted by Gasteiger charge is -2.19. The van der Waals surface area contributed by atoms with Crippen LogP contribution in [0.1, 0.15) is 88.0 Å². The highest BCUT2D eigenvalue weighted by atomic mass is 35.5. The zero-order valence-electron chi connectivity index (χ0n) is 29.5. The number of rotatable bonds is 13. The van der Waals surface area contributed by atoms with Crippen LogP contribution in [0, 0.1) is 0 Å². The van der Waals surface area contributed by atoms with Crippen LogP contribution in [0.5, 0.6) is 0 Å². The molecule has 0 aliphatic heterocycles. The predicted molar refractivity (Wildman–Crippen MR) is 196 cm³/mol. The predicted octanol–water partition coefficient (Wildman–Crippen LogP) is 7.71. The molecule has 0 bridgehead atoms. The molecule has 0 spiro atoms. The molecule has 46 heavy (non-hydrogen) atoms. The third-order valence-corrected chi connectivity index (χ3v) is 6.41. The average molecular weight is 706 g/mol. The number of aryl methyl sites for hydroxylation is 2. The molecule has 0 aliphatic rings. The molecule has 0 fully saturated rings. The van der Waals surface area contributed by atoms with Crippen LogP contribution in [-0.4, -0.2) is 56.3 Å². The molecule has 0 aliphatic carbocycles. The van der Waals surface area contributed by atoms with E-state index < -0.39 is 11.7 Å². The number of nitrogens with one attached hydrogen (secondary N) is 3. The number of fused-ring (bicyclic) bond motifs is 2. The second kappa shape index (κ2) is 24.1. The highest BCUT2D eigenvalue weighted by Gasteiger charge is 2.15. The van der Waals surface area contributed by atoms with Gasteiger partial charge in [-0.1, -0.05) is 14.8 Å². The van der Waals surface area contributed by atoms with E-state index >= 15 is 0 Å². The van der Waals surface area contributed by atoms with E-state index in [2.05, 4.69) is 25.3 Å². The topological polar surface area (TPSA) is 156 Å². The lowest BCUT2D eigenvalue weighted by Crippen LogP contribution is -2.33. The fourth-order valence-electron chi connectivity index (χ4n) is 4.36. The summed E-state index contributed by atoms with van der Waals surface area (Å²) in [6.45, 7) is 6.48. The van der Waals surface area contributed by atoms with E-state index in [9.17, 15) is 14.4 Å². The van der Waals surface area contributed by atoms with Gasteiger partial charge >= 0.3 is 6.09 Å². The molecule has 0 saturated carbocycles. The number of Topliss-reactive ketones (excluding diaryl/α,β-unsaturated/α-hetero) is 2. The van der Waals surface area contributed by atoms with Crippen molar-refractivity contribution >= 4 is 76.9 Å². The number of nitrogens with two attached hydrogens (primary N) is 1. The number of aromatic nitrogens is 4. The largest absolute Gasteiger partial charge is 0.444 e. The number of H-pyrrole nitrogens is 2. The van der Waals surface area contributed by atoms with Gasteiger partial charge < -0.3 is 25.8 Å². The van der Waals surface area contributed by atoms with E-state index in [1.54, 1.807) is 12.4 Å². The molecule has 0 atom stereocenters. The molecule has 4 aromatic heterocycles. The Bertz CT molecular complexity index is 1450. The van der Waals surface area contributed by atoms with Crippen molar-refractivity contribution in [3.05, 3.63) is 60.2 Å². The van der Waals surface area contributed by atoms with Gasteiger partial charge in [-0.3, -0.25) is 9.59 Å². The van der Waals surface area contributed by atoms with Crippen LogP contribution in [0.25, 0.3) is 22.1 Å². The summed E-state index contributed by atoms with van der Waals surface area (Å²) in [5, 5.41) is 4.84. The second-order valence-electron chi connectivity index (χ2n) is 10.9. The van der Waals surface area contributed by atoms with E-state index in [1.165, 1.54) is 20.4 Å². The highest BCUT2D eigenvalue weighted by Crippen LogP contribution is 2.18. The molecule has 0 radical (unpaired) electrons. The fourth-order valence-corrected chi connectivity index (χ4v) is 4.36. The number of carbonyl (C=O) groups excluding carboxylic acids is 3. The summed E-state index contributed by atoms with van der Waals surface area (Å²) in [6, 6.07) is 7.91. The number of hydrogen-bond donors (Lipinski definition) is 4. The number of aromatic amines is 2. The maximum atomic E-state index is 12.0. The first-order chi connectivity index (χ1) is 21.7. The average Bonchev–Trinajstić information content (AvgIpc) is 3.72. The lowest BCUT2D eigenvalue weighted by atomic mass is 10.0. The van der Waals surface area contributed by atoms with E-state index in [0.29, 0.717) is 51.6 Å². The molecule has 0 unspecified atom stereocenters. The van der Waals surface area contributed by atoms with E-state index in [-0.39, 0.29) is 48.8 Å². The first kappa shape index (κ1) is 42.8. The van der Waals surface area contributed by atoms with E-state index in [4.69, 9.17) is 13.2 Å². The Balaban J connectivity index is -0.000000750. The molecule has 4 heterocycles. The number of nitrogens with zero attached hydrogens (tertiary/aromatic N) is 2. The standard InChI is InChI=1S/C18H25N3O3.C13H17N3O.2CH4.3ClH/c1-18(2,3)24-17(23)21-10-4-5-14(22)7-6-13-8-11-19-16-15(13)9-12-20-16;14-7-1-2-11(17)4-3-10-5-8-15-13-12(10)6-9-16-13;;;;;/h8-9,11-12H,4-7,10H2,1-3H3,(H,19,20)(H,21,23);5-6,8-9H,1-4,7,14H2,(H,15,16);2*1H4;3*1H/i;;2*1D;;;. The van der Waals surface area contributed by atoms with Crippen molar-refractivity contribution in [1.82, 2.24) is 25.3 Å². The summed E-state index contributed by atoms with van der Waals surface area (Å²) >= 11 is 0. The van der Waals surface area contributed by atoms with Crippen molar-refractivity contribution in [3.63, 3.8) is 0 Å². The second-order valence-corrected chi connectivity index (χ2v) is 10.9. The normalized spacial score (nSPS) is 10.3. The summed E-state index contributed by atoms with van der Waals surface area (Å²) in [5.74, 6) is 0.484. The van der Waals surface area contributed by atoms with Crippen molar-refractivity contribution < 1.29 is 21.9 Å². The maximum Gasteiger partial charge on any atom is 0.407 e. The number of amides is 1. The molecule has 260 valence electrons. The Hall–Kier alpha value is -3.18. The van der Waals surface area contributed by atoms with Crippen LogP contribution >= 0.6 is 37.2 Å². The minimum atomic E-state index is -0.506. The number of ketones is 2. The third kappa shape index (κ3) is 16.4. The zero-order chi connectivity index (χ0) is 33.7. The van der Waals surface area contributed by atoms with Gasteiger partial charge in [0.05, 0.1) is 0 Å². The Labute approximate surface area is 294 Å². The molecular formula is C33H53Cl3N6O4. The molecule has 13 heteroatoms. The van der Waals surface area contributed by atoms with Crippen LogP contribution in [0.4, 0.5) is 4.79 Å². The smallest absolute Gasteiger partial charge is 0.407 e. The minimum absolute atomic E-state index is 0. The molecule has 10 nitrogen and oxygen atoms in total. The molecule has 4 aromatic rings. The fraction of sp³-hybridized carbons (Fsp3) is 0.485. The molecular weight excluding hydrogens is 651 g/mol. The number of carbonyl (C=O) groups is 3. The van der Waals surface area contributed by atoms with Crippen LogP contribution in [0.15, 0.2) is 49.1 Å². The Morgan fingerprint density at radius 3 is 1.70 bits per heavy atom. The summed E-state index contributed by atoms with van der Waals surface area (Å²) in [5.41, 5.74) is 8.91. The Kier molecular flexibility index (Phi) is 22.4. The van der Waals surface area contributed by atoms with Gasteiger partial charge in [0, 0.05) is 70.5 Å². The van der Waals surface area contributed by atoms with E-state index in [1.807, 2.05) is 57.4 Å². The highest BCUT2D eigenvalue weighted by molar-refractivity contribution is 5.86. The summed E-state index contributed by atoms with van der Waals surface area (Å²) < 4.78 is 16.6. The minimum Gasteiger partial charge on any atom is -0.444 e. The van der Waals surface area contributed by atoms with Gasteiger partial charge in [-0.15, -0.1) is 37.2 Å². The Morgan fingerprint density at radius 1 is 0.804 bits per heavy atom.